The molecule has 0 atom stereocenters. The molecule has 0 bridgehead atoms. The van der Waals surface area contributed by atoms with E-state index in [0.29, 0.717) is 17.6 Å². The Hall–Kier alpha value is -2.43. The second kappa shape index (κ2) is 7.43. The summed E-state index contributed by atoms with van der Waals surface area (Å²) in [5.41, 5.74) is 6.65. The van der Waals surface area contributed by atoms with E-state index < -0.39 is 0 Å². The molecule has 0 aliphatic heterocycles. The number of nitrogens with zero attached hydrogens (tertiary/aromatic N) is 2. The van der Waals surface area contributed by atoms with Crippen molar-refractivity contribution in [2.24, 2.45) is 5.10 Å². The monoisotopic (exact) mass is 324 g/mol. The summed E-state index contributed by atoms with van der Waals surface area (Å²) in [5, 5.41) is 4.32. The third-order valence-corrected chi connectivity index (χ3v) is 4.60. The van der Waals surface area contributed by atoms with Gasteiger partial charge in [0.15, 0.2) is 0 Å². The lowest BCUT2D eigenvalue weighted by Gasteiger charge is -2.22. The largest absolute Gasteiger partial charge is 0.291 e. The summed E-state index contributed by atoms with van der Waals surface area (Å²) < 4.78 is 0. The third kappa shape index (κ3) is 4.10. The van der Waals surface area contributed by atoms with Gasteiger partial charge in [0.2, 0.25) is 5.95 Å². The first kappa shape index (κ1) is 16.4. The van der Waals surface area contributed by atoms with Crippen LogP contribution in [0.15, 0.2) is 40.2 Å². The number of aromatic nitrogens is 2. The van der Waals surface area contributed by atoms with Crippen LogP contribution < -0.4 is 11.0 Å². The minimum Gasteiger partial charge on any atom is -0.291 e. The van der Waals surface area contributed by atoms with E-state index in [0.717, 1.165) is 11.3 Å². The summed E-state index contributed by atoms with van der Waals surface area (Å²) >= 11 is 0. The fourth-order valence-electron chi connectivity index (χ4n) is 3.27. The van der Waals surface area contributed by atoms with Gasteiger partial charge in [0.05, 0.1) is 5.71 Å². The van der Waals surface area contributed by atoms with Gasteiger partial charge in [-0.05, 0) is 43.7 Å². The van der Waals surface area contributed by atoms with Crippen molar-refractivity contribution in [2.75, 3.05) is 5.43 Å². The van der Waals surface area contributed by atoms with E-state index in [9.17, 15) is 4.79 Å². The number of rotatable bonds is 4. The first-order valence-electron chi connectivity index (χ1n) is 8.60. The van der Waals surface area contributed by atoms with Crippen molar-refractivity contribution in [1.82, 2.24) is 9.97 Å². The highest BCUT2D eigenvalue weighted by Crippen LogP contribution is 2.32. The maximum Gasteiger partial charge on any atom is 0.252 e. The number of H-pyrrole nitrogens is 1. The van der Waals surface area contributed by atoms with E-state index in [4.69, 9.17) is 0 Å². The number of hydrazone groups is 1. The Balaban J connectivity index is 1.69. The molecule has 0 amide bonds. The van der Waals surface area contributed by atoms with Gasteiger partial charge in [-0.1, -0.05) is 43.5 Å². The van der Waals surface area contributed by atoms with Gasteiger partial charge in [-0.2, -0.15) is 5.10 Å². The van der Waals surface area contributed by atoms with Gasteiger partial charge in [0.25, 0.3) is 5.56 Å². The fraction of sp³-hybridized carbons (Fsp3) is 0.421. The topological polar surface area (TPSA) is 70.1 Å². The molecule has 126 valence electrons. The molecule has 1 aromatic heterocycles. The molecule has 1 fully saturated rings. The molecule has 5 heteroatoms. The maximum atomic E-state index is 11.4. The van der Waals surface area contributed by atoms with Crippen LogP contribution in [-0.4, -0.2) is 15.7 Å². The molecule has 0 saturated heterocycles. The summed E-state index contributed by atoms with van der Waals surface area (Å²) in [6.07, 6.45) is 6.68. The Morgan fingerprint density at radius 3 is 2.58 bits per heavy atom. The second-order valence-corrected chi connectivity index (χ2v) is 6.50. The van der Waals surface area contributed by atoms with Gasteiger partial charge in [0.1, 0.15) is 0 Å². The van der Waals surface area contributed by atoms with Crippen LogP contribution in [0, 0.1) is 6.92 Å². The summed E-state index contributed by atoms with van der Waals surface area (Å²) in [6, 6.07) is 10.1. The van der Waals surface area contributed by atoms with Crippen molar-refractivity contribution >= 4 is 11.7 Å². The van der Waals surface area contributed by atoms with Crippen molar-refractivity contribution < 1.29 is 0 Å². The standard InChI is InChI=1S/C19H24N4O/c1-13-12-18(24)21-19(20-13)23-22-14(2)15-8-10-17(11-9-15)16-6-4-3-5-7-16/h8-12,16H,3-7H2,1-2H3,(H2,20,21,23,24)/b22-14-. The molecular formula is C19H24N4O. The van der Waals surface area contributed by atoms with Crippen LogP contribution in [0.4, 0.5) is 5.95 Å². The predicted octanol–water partition coefficient (Wildman–Crippen LogP) is 3.96. The van der Waals surface area contributed by atoms with Crippen molar-refractivity contribution in [1.29, 1.82) is 0 Å². The summed E-state index contributed by atoms with van der Waals surface area (Å²) in [4.78, 5) is 18.3. The molecule has 1 aliphatic rings. The quantitative estimate of drug-likeness (QED) is 0.660. The number of anilines is 1. The van der Waals surface area contributed by atoms with Crippen molar-refractivity contribution in [2.45, 2.75) is 51.9 Å². The Morgan fingerprint density at radius 2 is 1.92 bits per heavy atom. The van der Waals surface area contributed by atoms with Gasteiger partial charge in [-0.15, -0.1) is 0 Å². The lowest BCUT2D eigenvalue weighted by Crippen LogP contribution is -2.11. The molecule has 0 spiro atoms. The Labute approximate surface area is 142 Å². The van der Waals surface area contributed by atoms with Crippen LogP contribution >= 0.6 is 0 Å². The van der Waals surface area contributed by atoms with Crippen LogP contribution in [-0.2, 0) is 0 Å². The van der Waals surface area contributed by atoms with Crippen LogP contribution in [0.5, 0.6) is 0 Å². The molecule has 1 heterocycles. The molecule has 2 aromatic rings. The van der Waals surface area contributed by atoms with Crippen LogP contribution in [0.2, 0.25) is 0 Å². The number of hydrogen-bond acceptors (Lipinski definition) is 4. The molecule has 1 aliphatic carbocycles. The number of aromatic amines is 1. The van der Waals surface area contributed by atoms with E-state index in [1.807, 2.05) is 6.92 Å². The van der Waals surface area contributed by atoms with E-state index in [1.165, 1.54) is 43.7 Å². The fourth-order valence-corrected chi connectivity index (χ4v) is 3.27. The zero-order valence-electron chi connectivity index (χ0n) is 14.3. The highest BCUT2D eigenvalue weighted by atomic mass is 16.1. The zero-order valence-corrected chi connectivity index (χ0v) is 14.3. The lowest BCUT2D eigenvalue weighted by molar-refractivity contribution is 0.443. The third-order valence-electron chi connectivity index (χ3n) is 4.60. The molecule has 5 nitrogen and oxygen atoms in total. The van der Waals surface area contributed by atoms with Crippen molar-refractivity contribution in [3.63, 3.8) is 0 Å². The van der Waals surface area contributed by atoms with Gasteiger partial charge in [-0.3, -0.25) is 9.78 Å². The predicted molar refractivity (Wildman–Crippen MR) is 97.7 cm³/mol. The van der Waals surface area contributed by atoms with Crippen LogP contribution in [0.25, 0.3) is 0 Å². The maximum absolute atomic E-state index is 11.4. The van der Waals surface area contributed by atoms with Crippen LogP contribution in [0.1, 0.15) is 61.8 Å². The summed E-state index contributed by atoms with van der Waals surface area (Å²) in [5.74, 6) is 1.07. The van der Waals surface area contributed by atoms with E-state index in [-0.39, 0.29) is 5.56 Å². The SMILES string of the molecule is C/C(=N/Nc1nc(C)cc(=O)[nH]1)c1ccc(C2CCCCC2)cc1. The zero-order chi connectivity index (χ0) is 16.9. The smallest absolute Gasteiger partial charge is 0.252 e. The molecule has 24 heavy (non-hydrogen) atoms. The highest BCUT2D eigenvalue weighted by Gasteiger charge is 2.15. The van der Waals surface area contributed by atoms with E-state index in [1.54, 1.807) is 6.92 Å². The molecule has 2 N–H and O–H groups in total. The molecular weight excluding hydrogens is 300 g/mol. The minimum atomic E-state index is -0.185. The highest BCUT2D eigenvalue weighted by molar-refractivity contribution is 5.99. The van der Waals surface area contributed by atoms with E-state index in [2.05, 4.69) is 44.8 Å². The normalized spacial score (nSPS) is 16.2. The summed E-state index contributed by atoms with van der Waals surface area (Å²) in [7, 11) is 0. The molecule has 1 aromatic carbocycles. The van der Waals surface area contributed by atoms with E-state index >= 15 is 0 Å². The first-order chi connectivity index (χ1) is 11.6. The van der Waals surface area contributed by atoms with Gasteiger partial charge in [0, 0.05) is 11.8 Å². The Kier molecular flexibility index (Phi) is 5.08. The molecule has 0 unspecified atom stereocenters. The number of nitrogens with one attached hydrogen (secondary N) is 2. The number of hydrogen-bond donors (Lipinski definition) is 2. The molecule has 0 radical (unpaired) electrons. The average molecular weight is 324 g/mol. The first-order valence-corrected chi connectivity index (χ1v) is 8.60. The van der Waals surface area contributed by atoms with Crippen LogP contribution in [0.3, 0.4) is 0 Å². The Bertz CT molecular complexity index is 771. The van der Waals surface area contributed by atoms with Crippen molar-refractivity contribution in [3.8, 4) is 0 Å². The number of benzene rings is 1. The van der Waals surface area contributed by atoms with Crippen molar-refractivity contribution in [3.05, 3.63) is 57.5 Å². The summed E-state index contributed by atoms with van der Waals surface area (Å²) in [6.45, 7) is 3.72. The van der Waals surface area contributed by atoms with Gasteiger partial charge >= 0.3 is 0 Å². The van der Waals surface area contributed by atoms with Gasteiger partial charge in [-0.25, -0.2) is 10.4 Å². The molecule has 1 saturated carbocycles. The average Bonchev–Trinajstić information content (AvgIpc) is 2.60. The number of aryl methyl sites for hydroxylation is 1. The lowest BCUT2D eigenvalue weighted by atomic mass is 9.84. The van der Waals surface area contributed by atoms with Gasteiger partial charge < -0.3 is 0 Å². The molecule has 3 rings (SSSR count). The minimum absolute atomic E-state index is 0.185. The second-order valence-electron chi connectivity index (χ2n) is 6.50. The Morgan fingerprint density at radius 1 is 1.21 bits per heavy atom.